The molecule has 24 heavy (non-hydrogen) atoms. The molecule has 1 aliphatic carbocycles. The zero-order valence-electron chi connectivity index (χ0n) is 14.0. The average molecular weight is 323 g/mol. The fourth-order valence-electron chi connectivity index (χ4n) is 3.55. The number of amides is 1. The Kier molecular flexibility index (Phi) is 5.52. The molecule has 3 nitrogen and oxygen atoms in total. The van der Waals surface area contributed by atoms with Crippen LogP contribution in [0.2, 0.25) is 0 Å². The number of ether oxygens (including phenoxy) is 1. The van der Waals surface area contributed by atoms with Gasteiger partial charge in [-0.05, 0) is 30.5 Å². The summed E-state index contributed by atoms with van der Waals surface area (Å²) >= 11 is 0. The molecule has 0 bridgehead atoms. The van der Waals surface area contributed by atoms with Crippen LogP contribution in [0.4, 0.5) is 0 Å². The molecule has 2 aromatic carbocycles. The molecule has 3 heteroatoms. The Balaban J connectivity index is 1.49. The largest absolute Gasteiger partial charge is 0.493 e. The van der Waals surface area contributed by atoms with Crippen molar-refractivity contribution in [3.63, 3.8) is 0 Å². The number of benzene rings is 2. The van der Waals surface area contributed by atoms with Crippen molar-refractivity contribution < 1.29 is 9.53 Å². The Labute approximate surface area is 144 Å². The van der Waals surface area contributed by atoms with E-state index >= 15 is 0 Å². The number of rotatable bonds is 7. The quantitative estimate of drug-likeness (QED) is 0.833. The van der Waals surface area contributed by atoms with Crippen molar-refractivity contribution in [2.45, 2.75) is 37.5 Å². The maximum absolute atomic E-state index is 12.2. The van der Waals surface area contributed by atoms with Crippen LogP contribution in [-0.4, -0.2) is 19.1 Å². The fourth-order valence-corrected chi connectivity index (χ4v) is 3.55. The maximum atomic E-state index is 12.2. The molecule has 2 aromatic rings. The lowest BCUT2D eigenvalue weighted by atomic mass is 9.79. The summed E-state index contributed by atoms with van der Waals surface area (Å²) in [6.45, 7) is 1.13. The van der Waals surface area contributed by atoms with E-state index in [1.165, 1.54) is 18.4 Å². The standard InChI is InChI=1S/C21H25NO2/c23-20(13-16-24-19-11-5-2-6-12-19)22-17-21(14-7-8-15-21)18-9-3-1-4-10-18/h1-6,9-12H,7-8,13-17H2,(H,22,23). The lowest BCUT2D eigenvalue weighted by molar-refractivity contribution is -0.121. The van der Waals surface area contributed by atoms with Gasteiger partial charge in [0.15, 0.2) is 0 Å². The lowest BCUT2D eigenvalue weighted by Crippen LogP contribution is -2.39. The van der Waals surface area contributed by atoms with E-state index in [4.69, 9.17) is 4.74 Å². The van der Waals surface area contributed by atoms with E-state index < -0.39 is 0 Å². The highest BCUT2D eigenvalue weighted by atomic mass is 16.5. The SMILES string of the molecule is O=C(CCOc1ccccc1)NCC1(c2ccccc2)CCCC1. The van der Waals surface area contributed by atoms with Gasteiger partial charge in [0.2, 0.25) is 5.91 Å². The highest BCUT2D eigenvalue weighted by Crippen LogP contribution is 2.40. The minimum absolute atomic E-state index is 0.0631. The van der Waals surface area contributed by atoms with E-state index in [-0.39, 0.29) is 11.3 Å². The van der Waals surface area contributed by atoms with Crippen LogP contribution in [0.25, 0.3) is 0 Å². The van der Waals surface area contributed by atoms with Gasteiger partial charge in [-0.2, -0.15) is 0 Å². The third kappa shape index (κ3) is 4.16. The van der Waals surface area contributed by atoms with Gasteiger partial charge in [0.25, 0.3) is 0 Å². The molecule has 1 amide bonds. The topological polar surface area (TPSA) is 38.3 Å². The van der Waals surface area contributed by atoms with E-state index in [1.807, 2.05) is 36.4 Å². The second kappa shape index (κ2) is 8.00. The fraction of sp³-hybridized carbons (Fsp3) is 0.381. The molecule has 0 aromatic heterocycles. The highest BCUT2D eigenvalue weighted by Gasteiger charge is 2.35. The number of carbonyl (C=O) groups is 1. The zero-order valence-corrected chi connectivity index (χ0v) is 14.0. The van der Waals surface area contributed by atoms with E-state index in [0.29, 0.717) is 13.0 Å². The number of hydrogen-bond donors (Lipinski definition) is 1. The van der Waals surface area contributed by atoms with Crippen LogP contribution in [0.15, 0.2) is 60.7 Å². The van der Waals surface area contributed by atoms with Gasteiger partial charge in [-0.15, -0.1) is 0 Å². The first-order chi connectivity index (χ1) is 11.8. The summed E-state index contributed by atoms with van der Waals surface area (Å²) in [5.74, 6) is 0.870. The number of hydrogen-bond acceptors (Lipinski definition) is 2. The smallest absolute Gasteiger partial charge is 0.223 e. The first-order valence-electron chi connectivity index (χ1n) is 8.79. The van der Waals surface area contributed by atoms with E-state index in [9.17, 15) is 4.79 Å². The minimum Gasteiger partial charge on any atom is -0.493 e. The van der Waals surface area contributed by atoms with Gasteiger partial charge in [0, 0.05) is 12.0 Å². The molecule has 0 radical (unpaired) electrons. The number of carbonyl (C=O) groups excluding carboxylic acids is 1. The summed E-state index contributed by atoms with van der Waals surface area (Å²) in [7, 11) is 0. The Hall–Kier alpha value is -2.29. The van der Waals surface area contributed by atoms with Crippen molar-refractivity contribution in [3.8, 4) is 5.75 Å². The second-order valence-electron chi connectivity index (χ2n) is 6.54. The van der Waals surface area contributed by atoms with Crippen molar-refractivity contribution in [1.29, 1.82) is 0 Å². The lowest BCUT2D eigenvalue weighted by Gasteiger charge is -2.30. The Morgan fingerprint density at radius 1 is 0.958 bits per heavy atom. The summed E-state index contributed by atoms with van der Waals surface area (Å²) < 4.78 is 5.60. The third-order valence-electron chi connectivity index (χ3n) is 4.91. The summed E-state index contributed by atoms with van der Waals surface area (Å²) in [4.78, 5) is 12.2. The molecular weight excluding hydrogens is 298 g/mol. The van der Waals surface area contributed by atoms with E-state index in [2.05, 4.69) is 29.6 Å². The average Bonchev–Trinajstić information content (AvgIpc) is 3.12. The van der Waals surface area contributed by atoms with Gasteiger partial charge in [0.05, 0.1) is 13.0 Å². The van der Waals surface area contributed by atoms with Crippen LogP contribution in [0.1, 0.15) is 37.7 Å². The summed E-state index contributed by atoms with van der Waals surface area (Å²) in [5.41, 5.74) is 1.46. The van der Waals surface area contributed by atoms with Gasteiger partial charge in [0.1, 0.15) is 5.75 Å². The Morgan fingerprint density at radius 3 is 2.25 bits per heavy atom. The van der Waals surface area contributed by atoms with Crippen LogP contribution in [0.5, 0.6) is 5.75 Å². The molecule has 1 aliphatic rings. The summed E-state index contributed by atoms with van der Waals surface area (Å²) in [6, 6.07) is 20.2. The zero-order chi connectivity index (χ0) is 16.7. The molecule has 126 valence electrons. The van der Waals surface area contributed by atoms with Crippen LogP contribution in [0.3, 0.4) is 0 Å². The maximum Gasteiger partial charge on any atom is 0.223 e. The normalized spacial score (nSPS) is 15.8. The monoisotopic (exact) mass is 323 g/mol. The molecule has 0 unspecified atom stereocenters. The molecule has 1 saturated carbocycles. The van der Waals surface area contributed by atoms with E-state index in [0.717, 1.165) is 25.1 Å². The van der Waals surface area contributed by atoms with Crippen molar-refractivity contribution in [2.24, 2.45) is 0 Å². The third-order valence-corrected chi connectivity index (χ3v) is 4.91. The molecule has 3 rings (SSSR count). The predicted molar refractivity (Wildman–Crippen MR) is 96.2 cm³/mol. The van der Waals surface area contributed by atoms with Crippen molar-refractivity contribution >= 4 is 5.91 Å². The summed E-state index contributed by atoms with van der Waals surface area (Å²) in [5, 5.41) is 3.13. The second-order valence-corrected chi connectivity index (χ2v) is 6.54. The molecule has 0 aliphatic heterocycles. The van der Waals surface area contributed by atoms with Crippen molar-refractivity contribution in [1.82, 2.24) is 5.32 Å². The van der Waals surface area contributed by atoms with Gasteiger partial charge < -0.3 is 10.1 Å². The molecule has 0 spiro atoms. The molecule has 0 saturated heterocycles. The van der Waals surface area contributed by atoms with Gasteiger partial charge in [-0.25, -0.2) is 0 Å². The molecule has 1 fully saturated rings. The van der Waals surface area contributed by atoms with Crippen molar-refractivity contribution in [2.75, 3.05) is 13.2 Å². The van der Waals surface area contributed by atoms with E-state index in [1.54, 1.807) is 0 Å². The first kappa shape index (κ1) is 16.6. The van der Waals surface area contributed by atoms with Gasteiger partial charge in [-0.3, -0.25) is 4.79 Å². The minimum atomic E-state index is 0.0631. The number of nitrogens with one attached hydrogen (secondary N) is 1. The Morgan fingerprint density at radius 2 is 1.58 bits per heavy atom. The predicted octanol–water partition coefficient (Wildman–Crippen LogP) is 4.08. The van der Waals surface area contributed by atoms with Crippen LogP contribution >= 0.6 is 0 Å². The molecule has 1 N–H and O–H groups in total. The molecular formula is C21H25NO2. The highest BCUT2D eigenvalue weighted by molar-refractivity contribution is 5.76. The van der Waals surface area contributed by atoms with Crippen molar-refractivity contribution in [3.05, 3.63) is 66.2 Å². The summed E-state index contributed by atoms with van der Waals surface area (Å²) in [6.07, 6.45) is 5.17. The van der Waals surface area contributed by atoms with Gasteiger partial charge >= 0.3 is 0 Å². The Bertz CT molecular complexity index is 633. The van der Waals surface area contributed by atoms with Crippen LogP contribution in [0, 0.1) is 0 Å². The molecule has 0 heterocycles. The molecule has 0 atom stereocenters. The van der Waals surface area contributed by atoms with Crippen LogP contribution < -0.4 is 10.1 Å². The number of para-hydroxylation sites is 1. The first-order valence-corrected chi connectivity index (χ1v) is 8.79. The van der Waals surface area contributed by atoms with Crippen LogP contribution in [-0.2, 0) is 10.2 Å². The van der Waals surface area contributed by atoms with Gasteiger partial charge in [-0.1, -0.05) is 61.4 Å².